The molecule has 1 spiro atoms. The van der Waals surface area contributed by atoms with Crippen molar-refractivity contribution in [3.05, 3.63) is 48.0 Å². The first-order valence-electron chi connectivity index (χ1n) is 9.62. The lowest BCUT2D eigenvalue weighted by molar-refractivity contribution is 0.192. The van der Waals surface area contributed by atoms with Crippen molar-refractivity contribution < 1.29 is 8.42 Å². The Hall–Kier alpha value is -2.03. The maximum absolute atomic E-state index is 13.2. The van der Waals surface area contributed by atoms with Crippen molar-refractivity contribution in [1.82, 2.24) is 14.3 Å². The summed E-state index contributed by atoms with van der Waals surface area (Å²) in [6, 6.07) is 11.4. The number of anilines is 1. The molecular formula is C20H22N4O2S2. The van der Waals surface area contributed by atoms with E-state index in [9.17, 15) is 8.42 Å². The molecule has 0 amide bonds. The molecule has 2 fully saturated rings. The number of thiophene rings is 1. The molecule has 2 aliphatic heterocycles. The van der Waals surface area contributed by atoms with E-state index in [4.69, 9.17) is 4.98 Å². The Bertz CT molecular complexity index is 1090. The number of nitrogens with zero attached hydrogens (tertiary/aromatic N) is 4. The van der Waals surface area contributed by atoms with Crippen molar-refractivity contribution in [3.63, 3.8) is 0 Å². The van der Waals surface area contributed by atoms with Crippen LogP contribution in [0.4, 0.5) is 5.82 Å². The van der Waals surface area contributed by atoms with Gasteiger partial charge in [-0.05, 0) is 49.3 Å². The van der Waals surface area contributed by atoms with Crippen molar-refractivity contribution in [1.29, 1.82) is 0 Å². The Morgan fingerprint density at radius 3 is 2.50 bits per heavy atom. The molecule has 2 aliphatic rings. The van der Waals surface area contributed by atoms with E-state index in [1.807, 2.05) is 35.8 Å². The fourth-order valence-corrected chi connectivity index (χ4v) is 7.55. The Kier molecular flexibility index (Phi) is 4.37. The van der Waals surface area contributed by atoms with Crippen LogP contribution in [0.3, 0.4) is 0 Å². The number of hydrogen-bond donors (Lipinski definition) is 0. The van der Waals surface area contributed by atoms with Gasteiger partial charge >= 0.3 is 0 Å². The molecule has 8 heteroatoms. The van der Waals surface area contributed by atoms with E-state index in [0.29, 0.717) is 10.8 Å². The normalized spacial score (nSPS) is 20.2. The highest BCUT2D eigenvalue weighted by Gasteiger charge is 2.49. The Balaban J connectivity index is 1.38. The number of aromatic nitrogens is 2. The molecule has 0 atom stereocenters. The zero-order valence-corrected chi connectivity index (χ0v) is 17.1. The van der Waals surface area contributed by atoms with Gasteiger partial charge in [-0.2, -0.15) is 4.31 Å². The summed E-state index contributed by atoms with van der Waals surface area (Å²) in [7, 11) is -3.41. The summed E-state index contributed by atoms with van der Waals surface area (Å²) < 4.78 is 28.6. The van der Waals surface area contributed by atoms with Gasteiger partial charge < -0.3 is 4.90 Å². The van der Waals surface area contributed by atoms with Crippen LogP contribution in [-0.4, -0.2) is 47.9 Å². The zero-order valence-electron chi connectivity index (χ0n) is 15.5. The number of piperidine rings is 1. The van der Waals surface area contributed by atoms with Gasteiger partial charge in [0.15, 0.2) is 0 Å². The summed E-state index contributed by atoms with van der Waals surface area (Å²) in [5, 5.41) is 1.83. The molecule has 0 radical (unpaired) electrons. The monoisotopic (exact) mass is 414 g/mol. The van der Waals surface area contributed by atoms with Gasteiger partial charge in [0.1, 0.15) is 10.0 Å². The molecule has 28 heavy (non-hydrogen) atoms. The first-order valence-corrected chi connectivity index (χ1v) is 11.9. The van der Waals surface area contributed by atoms with E-state index in [0.717, 1.165) is 55.6 Å². The molecule has 146 valence electrons. The van der Waals surface area contributed by atoms with Crippen LogP contribution < -0.4 is 4.90 Å². The van der Waals surface area contributed by atoms with Crippen LogP contribution >= 0.6 is 11.3 Å². The molecule has 4 heterocycles. The highest BCUT2D eigenvalue weighted by atomic mass is 32.2. The number of para-hydroxylation sites is 2. The van der Waals surface area contributed by atoms with Gasteiger partial charge in [0.2, 0.25) is 0 Å². The van der Waals surface area contributed by atoms with Crippen LogP contribution in [0, 0.1) is 0 Å². The number of hydrogen-bond acceptors (Lipinski definition) is 6. The predicted octanol–water partition coefficient (Wildman–Crippen LogP) is 3.52. The Morgan fingerprint density at radius 1 is 0.964 bits per heavy atom. The van der Waals surface area contributed by atoms with Crippen LogP contribution in [-0.2, 0) is 10.0 Å². The summed E-state index contributed by atoms with van der Waals surface area (Å²) in [6.07, 6.45) is 5.35. The zero-order chi connectivity index (χ0) is 19.2. The average molecular weight is 415 g/mol. The molecule has 2 aromatic heterocycles. The molecule has 3 aromatic rings. The largest absolute Gasteiger partial charge is 0.355 e. The number of rotatable bonds is 3. The van der Waals surface area contributed by atoms with E-state index in [1.165, 1.54) is 11.3 Å². The minimum absolute atomic E-state index is 0.260. The number of sulfonamides is 1. The molecule has 0 N–H and O–H groups in total. The van der Waals surface area contributed by atoms with Crippen molar-refractivity contribution in [2.24, 2.45) is 0 Å². The van der Waals surface area contributed by atoms with Crippen molar-refractivity contribution in [2.45, 2.75) is 35.4 Å². The lowest BCUT2D eigenvalue weighted by atomic mass is 9.86. The van der Waals surface area contributed by atoms with Gasteiger partial charge in [-0.15, -0.1) is 11.3 Å². The van der Waals surface area contributed by atoms with Crippen LogP contribution in [0.2, 0.25) is 0 Å². The highest BCUT2D eigenvalue weighted by Crippen LogP contribution is 2.43. The van der Waals surface area contributed by atoms with Crippen molar-refractivity contribution in [2.75, 3.05) is 24.5 Å². The van der Waals surface area contributed by atoms with E-state index < -0.39 is 10.0 Å². The van der Waals surface area contributed by atoms with Crippen LogP contribution in [0.15, 0.2) is 52.2 Å². The molecule has 2 saturated heterocycles. The first kappa shape index (κ1) is 18.0. The summed E-state index contributed by atoms with van der Waals surface area (Å²) in [6.45, 7) is 2.21. The van der Waals surface area contributed by atoms with Crippen LogP contribution in [0.1, 0.15) is 25.7 Å². The summed E-state index contributed by atoms with van der Waals surface area (Å²) >= 11 is 1.30. The molecular weight excluding hydrogens is 392 g/mol. The predicted molar refractivity (Wildman–Crippen MR) is 111 cm³/mol. The maximum Gasteiger partial charge on any atom is 0.253 e. The van der Waals surface area contributed by atoms with Crippen molar-refractivity contribution >= 4 is 38.2 Å². The lowest BCUT2D eigenvalue weighted by Crippen LogP contribution is -2.54. The maximum atomic E-state index is 13.2. The van der Waals surface area contributed by atoms with Crippen LogP contribution in [0.25, 0.3) is 11.0 Å². The van der Waals surface area contributed by atoms with E-state index >= 15 is 0 Å². The van der Waals surface area contributed by atoms with Gasteiger partial charge in [0.05, 0.1) is 17.2 Å². The van der Waals surface area contributed by atoms with Gasteiger partial charge in [0, 0.05) is 25.2 Å². The van der Waals surface area contributed by atoms with E-state index in [2.05, 4.69) is 9.88 Å². The summed E-state index contributed by atoms with van der Waals surface area (Å²) in [5.74, 6) is 0.874. The van der Waals surface area contributed by atoms with Gasteiger partial charge in [0.25, 0.3) is 10.0 Å². The third-order valence-corrected chi connectivity index (χ3v) is 9.40. The first-order chi connectivity index (χ1) is 13.6. The third-order valence-electron chi connectivity index (χ3n) is 6.03. The molecule has 5 rings (SSSR count). The second kappa shape index (κ2) is 6.79. The third kappa shape index (κ3) is 2.91. The Morgan fingerprint density at radius 2 is 1.75 bits per heavy atom. The molecule has 0 aliphatic carbocycles. The molecule has 0 unspecified atom stereocenters. The standard InChI is InChI=1S/C20H22N4O2S2/c25-28(26,19-7-3-14-27-19)24-11-4-8-20(24)9-12-23(13-10-20)18-15-21-16-5-1-2-6-17(16)22-18/h1-3,5-7,14-15H,4,8-13H2. The molecule has 0 saturated carbocycles. The van der Waals surface area contributed by atoms with E-state index in [-0.39, 0.29) is 5.54 Å². The minimum Gasteiger partial charge on any atom is -0.355 e. The second-order valence-electron chi connectivity index (χ2n) is 7.54. The lowest BCUT2D eigenvalue weighted by Gasteiger charge is -2.44. The summed E-state index contributed by atoms with van der Waals surface area (Å²) in [5.41, 5.74) is 1.52. The number of benzene rings is 1. The minimum atomic E-state index is -3.41. The second-order valence-corrected chi connectivity index (χ2v) is 10.6. The molecule has 6 nitrogen and oxygen atoms in total. The highest BCUT2D eigenvalue weighted by molar-refractivity contribution is 7.91. The Labute approximate surface area is 168 Å². The quantitative estimate of drug-likeness (QED) is 0.656. The number of fused-ring (bicyclic) bond motifs is 1. The van der Waals surface area contributed by atoms with Gasteiger partial charge in [-0.1, -0.05) is 18.2 Å². The molecule has 0 bridgehead atoms. The average Bonchev–Trinajstić information content (AvgIpc) is 3.39. The topological polar surface area (TPSA) is 66.4 Å². The van der Waals surface area contributed by atoms with Gasteiger partial charge in [-0.3, -0.25) is 4.98 Å². The van der Waals surface area contributed by atoms with Crippen LogP contribution in [0.5, 0.6) is 0 Å². The van der Waals surface area contributed by atoms with Crippen molar-refractivity contribution in [3.8, 4) is 0 Å². The summed E-state index contributed by atoms with van der Waals surface area (Å²) in [4.78, 5) is 11.5. The SMILES string of the molecule is O=S(=O)(c1cccs1)N1CCCC12CCN(c1cnc3ccccc3n1)CC2. The fraction of sp³-hybridized carbons (Fsp3) is 0.400. The van der Waals surface area contributed by atoms with Gasteiger partial charge in [-0.25, -0.2) is 13.4 Å². The molecule has 1 aromatic carbocycles. The fourth-order valence-electron chi connectivity index (χ4n) is 4.56. The smallest absolute Gasteiger partial charge is 0.253 e. The van der Waals surface area contributed by atoms with E-state index in [1.54, 1.807) is 16.4 Å².